The fourth-order valence-electron chi connectivity index (χ4n) is 1.99. The van der Waals surface area contributed by atoms with Gasteiger partial charge in [-0.25, -0.2) is 0 Å². The number of likely N-dealkylation sites (N-methyl/N-ethyl adjacent to an activating group) is 1. The molecule has 1 amide bonds. The van der Waals surface area contributed by atoms with Crippen molar-refractivity contribution in [1.82, 2.24) is 4.90 Å². The van der Waals surface area contributed by atoms with Crippen LogP contribution in [0.2, 0.25) is 0 Å². The first kappa shape index (κ1) is 15.2. The van der Waals surface area contributed by atoms with E-state index in [0.717, 1.165) is 12.0 Å². The van der Waals surface area contributed by atoms with Gasteiger partial charge in [0.15, 0.2) is 0 Å². The molecule has 1 aromatic rings. The molecular weight excluding hydrogens is 238 g/mol. The summed E-state index contributed by atoms with van der Waals surface area (Å²) >= 11 is 0. The number of amides is 1. The van der Waals surface area contributed by atoms with E-state index >= 15 is 0 Å². The number of carbonyl (C=O) groups excluding carboxylic acids is 1. The molecule has 4 nitrogen and oxygen atoms in total. The van der Waals surface area contributed by atoms with E-state index < -0.39 is 6.04 Å². The van der Waals surface area contributed by atoms with E-state index in [1.165, 1.54) is 0 Å². The lowest BCUT2D eigenvalue weighted by atomic mass is 10.1. The van der Waals surface area contributed by atoms with Crippen molar-refractivity contribution in [2.24, 2.45) is 5.73 Å². The van der Waals surface area contributed by atoms with Crippen LogP contribution < -0.4 is 5.73 Å². The lowest BCUT2D eigenvalue weighted by Gasteiger charge is -2.24. The first-order chi connectivity index (χ1) is 9.13. The van der Waals surface area contributed by atoms with Crippen molar-refractivity contribution in [1.29, 1.82) is 5.26 Å². The van der Waals surface area contributed by atoms with Gasteiger partial charge < -0.3 is 10.6 Å². The molecular formula is C15H21N3O. The van der Waals surface area contributed by atoms with Crippen LogP contribution in [0.5, 0.6) is 0 Å². The maximum absolute atomic E-state index is 12.2. The van der Waals surface area contributed by atoms with Crippen molar-refractivity contribution in [2.75, 3.05) is 6.54 Å². The molecule has 0 saturated heterocycles. The van der Waals surface area contributed by atoms with Gasteiger partial charge in [0.1, 0.15) is 0 Å². The Morgan fingerprint density at radius 1 is 1.42 bits per heavy atom. The van der Waals surface area contributed by atoms with E-state index in [-0.39, 0.29) is 5.91 Å². The topological polar surface area (TPSA) is 70.1 Å². The number of rotatable bonds is 6. The van der Waals surface area contributed by atoms with Gasteiger partial charge in [-0.05, 0) is 25.0 Å². The molecule has 0 aliphatic carbocycles. The van der Waals surface area contributed by atoms with Gasteiger partial charge in [-0.3, -0.25) is 4.79 Å². The highest BCUT2D eigenvalue weighted by Gasteiger charge is 2.19. The Hall–Kier alpha value is -1.86. The number of hydrogen-bond donors (Lipinski definition) is 1. The molecule has 0 radical (unpaired) electrons. The van der Waals surface area contributed by atoms with Crippen molar-refractivity contribution in [2.45, 2.75) is 39.3 Å². The molecule has 0 aromatic heterocycles. The van der Waals surface area contributed by atoms with Gasteiger partial charge in [0, 0.05) is 13.1 Å². The summed E-state index contributed by atoms with van der Waals surface area (Å²) in [7, 11) is 0. The summed E-state index contributed by atoms with van der Waals surface area (Å²) in [5.41, 5.74) is 7.35. The SMILES string of the molecule is CCCC(N)C(=O)N(CC)Cc1ccccc1C#N. The molecule has 0 aliphatic rings. The van der Waals surface area contributed by atoms with Crippen molar-refractivity contribution in [3.8, 4) is 6.07 Å². The maximum atomic E-state index is 12.2. The number of carbonyl (C=O) groups is 1. The Balaban J connectivity index is 2.82. The van der Waals surface area contributed by atoms with E-state index in [4.69, 9.17) is 11.0 Å². The highest BCUT2D eigenvalue weighted by atomic mass is 16.2. The fraction of sp³-hybridized carbons (Fsp3) is 0.467. The molecule has 2 N–H and O–H groups in total. The zero-order valence-electron chi connectivity index (χ0n) is 11.6. The summed E-state index contributed by atoms with van der Waals surface area (Å²) in [4.78, 5) is 13.9. The molecule has 0 spiro atoms. The molecule has 1 unspecified atom stereocenters. The van der Waals surface area contributed by atoms with Crippen LogP contribution in [0, 0.1) is 11.3 Å². The average Bonchev–Trinajstić information content (AvgIpc) is 2.44. The quantitative estimate of drug-likeness (QED) is 0.849. The first-order valence-electron chi connectivity index (χ1n) is 6.66. The Labute approximate surface area is 114 Å². The van der Waals surface area contributed by atoms with Gasteiger partial charge in [0.25, 0.3) is 0 Å². The third kappa shape index (κ3) is 4.08. The van der Waals surface area contributed by atoms with E-state index in [9.17, 15) is 4.79 Å². The third-order valence-electron chi connectivity index (χ3n) is 3.11. The highest BCUT2D eigenvalue weighted by Crippen LogP contribution is 2.12. The zero-order valence-corrected chi connectivity index (χ0v) is 11.6. The van der Waals surface area contributed by atoms with Crippen LogP contribution in [0.15, 0.2) is 24.3 Å². The Morgan fingerprint density at radius 3 is 2.68 bits per heavy atom. The van der Waals surface area contributed by atoms with Gasteiger partial charge in [0.05, 0.1) is 17.7 Å². The predicted octanol–water partition coefficient (Wildman–Crippen LogP) is 2.03. The summed E-state index contributed by atoms with van der Waals surface area (Å²) in [6.45, 7) is 4.96. The molecule has 0 fully saturated rings. The lowest BCUT2D eigenvalue weighted by Crippen LogP contribution is -2.43. The van der Waals surface area contributed by atoms with Gasteiger partial charge in [-0.2, -0.15) is 5.26 Å². The summed E-state index contributed by atoms with van der Waals surface area (Å²) in [6, 6.07) is 9.04. The normalized spacial score (nSPS) is 11.7. The predicted molar refractivity (Wildman–Crippen MR) is 75.1 cm³/mol. The largest absolute Gasteiger partial charge is 0.337 e. The monoisotopic (exact) mass is 259 g/mol. The van der Waals surface area contributed by atoms with Crippen LogP contribution in [0.4, 0.5) is 0 Å². The maximum Gasteiger partial charge on any atom is 0.239 e. The third-order valence-corrected chi connectivity index (χ3v) is 3.11. The van der Waals surface area contributed by atoms with Crippen LogP contribution in [0.25, 0.3) is 0 Å². The average molecular weight is 259 g/mol. The molecule has 102 valence electrons. The van der Waals surface area contributed by atoms with E-state index in [1.807, 2.05) is 32.0 Å². The smallest absolute Gasteiger partial charge is 0.239 e. The second-order valence-corrected chi connectivity index (χ2v) is 4.52. The number of hydrogen-bond acceptors (Lipinski definition) is 3. The Bertz CT molecular complexity index is 465. The van der Waals surface area contributed by atoms with Crippen molar-refractivity contribution >= 4 is 5.91 Å². The summed E-state index contributed by atoms with van der Waals surface area (Å²) in [5, 5.41) is 9.06. The molecule has 0 heterocycles. The Morgan fingerprint density at radius 2 is 2.11 bits per heavy atom. The number of nitriles is 1. The fourth-order valence-corrected chi connectivity index (χ4v) is 1.99. The molecule has 0 bridgehead atoms. The van der Waals surface area contributed by atoms with E-state index in [1.54, 1.807) is 11.0 Å². The molecule has 1 atom stereocenters. The van der Waals surface area contributed by atoms with Crippen molar-refractivity contribution < 1.29 is 4.79 Å². The van der Waals surface area contributed by atoms with Crippen LogP contribution >= 0.6 is 0 Å². The van der Waals surface area contributed by atoms with Crippen LogP contribution in [-0.4, -0.2) is 23.4 Å². The minimum atomic E-state index is -0.445. The highest BCUT2D eigenvalue weighted by molar-refractivity contribution is 5.81. The molecule has 0 saturated carbocycles. The van der Waals surface area contributed by atoms with Gasteiger partial charge in [0.2, 0.25) is 5.91 Å². The van der Waals surface area contributed by atoms with E-state index in [0.29, 0.717) is 25.1 Å². The summed E-state index contributed by atoms with van der Waals surface area (Å²) in [6.07, 6.45) is 1.58. The standard InChI is InChI=1S/C15H21N3O/c1-3-7-14(17)15(19)18(4-2)11-13-9-6-5-8-12(13)10-16/h5-6,8-9,14H,3-4,7,11,17H2,1-2H3. The van der Waals surface area contributed by atoms with Gasteiger partial charge >= 0.3 is 0 Å². The summed E-state index contributed by atoms with van der Waals surface area (Å²) in [5.74, 6) is -0.0444. The minimum absolute atomic E-state index is 0.0444. The Kier molecular flexibility index (Phi) is 6.04. The molecule has 1 rings (SSSR count). The number of nitrogens with two attached hydrogens (primary N) is 1. The van der Waals surface area contributed by atoms with Crippen LogP contribution in [0.3, 0.4) is 0 Å². The van der Waals surface area contributed by atoms with Crippen molar-refractivity contribution in [3.63, 3.8) is 0 Å². The second kappa shape index (κ2) is 7.55. The first-order valence-corrected chi connectivity index (χ1v) is 6.66. The van der Waals surface area contributed by atoms with Crippen LogP contribution in [-0.2, 0) is 11.3 Å². The zero-order chi connectivity index (χ0) is 14.3. The minimum Gasteiger partial charge on any atom is -0.337 e. The summed E-state index contributed by atoms with van der Waals surface area (Å²) < 4.78 is 0. The molecule has 4 heteroatoms. The van der Waals surface area contributed by atoms with Gasteiger partial charge in [-0.15, -0.1) is 0 Å². The second-order valence-electron chi connectivity index (χ2n) is 4.52. The van der Waals surface area contributed by atoms with Crippen molar-refractivity contribution in [3.05, 3.63) is 35.4 Å². The van der Waals surface area contributed by atoms with E-state index in [2.05, 4.69) is 6.07 Å². The molecule has 1 aromatic carbocycles. The van der Waals surface area contributed by atoms with Gasteiger partial charge in [-0.1, -0.05) is 31.5 Å². The number of nitrogens with zero attached hydrogens (tertiary/aromatic N) is 2. The lowest BCUT2D eigenvalue weighted by molar-refractivity contribution is -0.133. The number of benzene rings is 1. The molecule has 0 aliphatic heterocycles. The molecule has 19 heavy (non-hydrogen) atoms. The van der Waals surface area contributed by atoms with Crippen LogP contribution in [0.1, 0.15) is 37.8 Å².